The molecule has 1 aromatic carbocycles. The van der Waals surface area contributed by atoms with Crippen molar-refractivity contribution in [3.8, 4) is 0 Å². The molecule has 1 amide bonds. The van der Waals surface area contributed by atoms with Crippen molar-refractivity contribution in [1.82, 2.24) is 9.88 Å². The number of hydrogen-bond donors (Lipinski definition) is 1. The van der Waals surface area contributed by atoms with Crippen LogP contribution in [0.4, 0.5) is 0 Å². The van der Waals surface area contributed by atoms with Crippen molar-refractivity contribution in [2.24, 2.45) is 0 Å². The fraction of sp³-hybridized carbons (Fsp3) is 0.364. The number of ether oxygens (including phenoxy) is 1. The fourth-order valence-electron chi connectivity index (χ4n) is 4.06. The first-order chi connectivity index (χ1) is 13.9. The molecule has 0 atom stereocenters. The highest BCUT2D eigenvalue weighted by atomic mass is 35.5. The Labute approximate surface area is 179 Å². The number of rotatable bonds is 3. The Hall–Kier alpha value is -2.08. The molecule has 1 aromatic heterocycles. The minimum atomic E-state index is -0.188. The van der Waals surface area contributed by atoms with Crippen LogP contribution in [0.3, 0.4) is 0 Å². The summed E-state index contributed by atoms with van der Waals surface area (Å²) in [5.41, 5.74) is 5.17. The molecular formula is C22H22Cl2N2O3. The second-order valence-corrected chi connectivity index (χ2v) is 8.33. The number of pyridine rings is 1. The molecule has 4 rings (SSSR count). The molecule has 2 aliphatic heterocycles. The molecule has 3 heterocycles. The number of aryl methyl sites for hydroxylation is 2. The lowest BCUT2D eigenvalue weighted by Gasteiger charge is -2.31. The summed E-state index contributed by atoms with van der Waals surface area (Å²) >= 11 is 13.3. The third-order valence-corrected chi connectivity index (χ3v) is 6.33. The first kappa shape index (κ1) is 20.2. The van der Waals surface area contributed by atoms with E-state index < -0.39 is 0 Å². The number of nitrogens with one attached hydrogen (secondary N) is 1. The second-order valence-electron chi connectivity index (χ2n) is 7.55. The molecule has 0 unspecified atom stereocenters. The normalized spacial score (nSPS) is 16.6. The standard InChI is InChI=1S/C22H22Cl2N2O3/c1-12-9-13(2)25-21(27)17(12)11-26-6-3-15-18(23)10-16(14-4-7-29-8-5-14)20(24)19(15)22(26)28/h4,9-10H,3,5-8,11H2,1-2H3,(H,25,27). The summed E-state index contributed by atoms with van der Waals surface area (Å²) in [5.74, 6) is -0.188. The maximum absolute atomic E-state index is 13.3. The van der Waals surface area contributed by atoms with E-state index in [1.807, 2.05) is 32.1 Å². The van der Waals surface area contributed by atoms with E-state index in [-0.39, 0.29) is 18.0 Å². The van der Waals surface area contributed by atoms with Crippen molar-refractivity contribution in [3.63, 3.8) is 0 Å². The van der Waals surface area contributed by atoms with Crippen LogP contribution in [0.5, 0.6) is 0 Å². The lowest BCUT2D eigenvalue weighted by Crippen LogP contribution is -2.39. The number of H-pyrrole nitrogens is 1. The van der Waals surface area contributed by atoms with Crippen LogP contribution in [0.15, 0.2) is 23.0 Å². The highest BCUT2D eigenvalue weighted by Crippen LogP contribution is 2.39. The van der Waals surface area contributed by atoms with Gasteiger partial charge in [0.25, 0.3) is 11.5 Å². The summed E-state index contributed by atoms with van der Waals surface area (Å²) in [6.07, 6.45) is 3.31. The van der Waals surface area contributed by atoms with Gasteiger partial charge in [-0.15, -0.1) is 0 Å². The van der Waals surface area contributed by atoms with Crippen molar-refractivity contribution in [1.29, 1.82) is 0 Å². The van der Waals surface area contributed by atoms with E-state index in [4.69, 9.17) is 27.9 Å². The van der Waals surface area contributed by atoms with Gasteiger partial charge in [-0.2, -0.15) is 0 Å². The van der Waals surface area contributed by atoms with Crippen LogP contribution >= 0.6 is 23.2 Å². The fourth-order valence-corrected chi connectivity index (χ4v) is 4.73. The zero-order valence-corrected chi connectivity index (χ0v) is 17.9. The lowest BCUT2D eigenvalue weighted by atomic mass is 9.92. The Balaban J connectivity index is 1.73. The van der Waals surface area contributed by atoms with Gasteiger partial charge < -0.3 is 14.6 Å². The highest BCUT2D eigenvalue weighted by Gasteiger charge is 2.31. The molecule has 0 saturated carbocycles. The Morgan fingerprint density at radius 1 is 1.17 bits per heavy atom. The van der Waals surface area contributed by atoms with Gasteiger partial charge in [0.15, 0.2) is 0 Å². The van der Waals surface area contributed by atoms with Gasteiger partial charge in [-0.3, -0.25) is 9.59 Å². The van der Waals surface area contributed by atoms with Crippen molar-refractivity contribution in [3.05, 3.63) is 72.1 Å². The van der Waals surface area contributed by atoms with Gasteiger partial charge in [-0.25, -0.2) is 0 Å². The molecule has 0 spiro atoms. The van der Waals surface area contributed by atoms with Crippen molar-refractivity contribution in [2.75, 3.05) is 19.8 Å². The molecule has 1 N–H and O–H groups in total. The third kappa shape index (κ3) is 3.75. The zero-order chi connectivity index (χ0) is 20.7. The van der Waals surface area contributed by atoms with E-state index >= 15 is 0 Å². The summed E-state index contributed by atoms with van der Waals surface area (Å²) in [6, 6.07) is 3.77. The van der Waals surface area contributed by atoms with Crippen LogP contribution in [0.2, 0.25) is 10.0 Å². The maximum Gasteiger partial charge on any atom is 0.256 e. The molecule has 2 aromatic rings. The molecule has 2 aliphatic rings. The van der Waals surface area contributed by atoms with Gasteiger partial charge in [0, 0.05) is 22.8 Å². The van der Waals surface area contributed by atoms with E-state index in [0.717, 1.165) is 34.4 Å². The molecule has 29 heavy (non-hydrogen) atoms. The Morgan fingerprint density at radius 2 is 1.97 bits per heavy atom. The molecule has 0 radical (unpaired) electrons. The monoisotopic (exact) mass is 432 g/mol. The number of aromatic amines is 1. The number of aromatic nitrogens is 1. The topological polar surface area (TPSA) is 62.4 Å². The van der Waals surface area contributed by atoms with E-state index in [0.29, 0.717) is 47.4 Å². The van der Waals surface area contributed by atoms with Gasteiger partial charge in [0.05, 0.1) is 30.3 Å². The quantitative estimate of drug-likeness (QED) is 0.785. The molecular weight excluding hydrogens is 411 g/mol. The van der Waals surface area contributed by atoms with Crippen molar-refractivity contribution in [2.45, 2.75) is 33.2 Å². The zero-order valence-electron chi connectivity index (χ0n) is 16.4. The first-order valence-electron chi connectivity index (χ1n) is 9.63. The number of amides is 1. The van der Waals surface area contributed by atoms with Crippen LogP contribution in [0.1, 0.15) is 44.7 Å². The second kappa shape index (κ2) is 7.98. The number of fused-ring (bicyclic) bond motifs is 1. The largest absolute Gasteiger partial charge is 0.377 e. The average molecular weight is 433 g/mol. The highest BCUT2D eigenvalue weighted by molar-refractivity contribution is 6.38. The van der Waals surface area contributed by atoms with E-state index in [1.165, 1.54) is 0 Å². The van der Waals surface area contributed by atoms with Crippen LogP contribution < -0.4 is 5.56 Å². The number of carbonyl (C=O) groups is 1. The van der Waals surface area contributed by atoms with Crippen molar-refractivity contribution >= 4 is 34.7 Å². The van der Waals surface area contributed by atoms with Crippen LogP contribution in [0.25, 0.3) is 5.57 Å². The predicted molar refractivity (Wildman–Crippen MR) is 115 cm³/mol. The molecule has 0 saturated heterocycles. The molecule has 0 fully saturated rings. The van der Waals surface area contributed by atoms with Crippen LogP contribution in [0, 0.1) is 13.8 Å². The van der Waals surface area contributed by atoms with Gasteiger partial charge in [-0.1, -0.05) is 29.3 Å². The Bertz CT molecular complexity index is 1090. The van der Waals surface area contributed by atoms with Crippen LogP contribution in [-0.4, -0.2) is 35.5 Å². The summed E-state index contributed by atoms with van der Waals surface area (Å²) in [6.45, 7) is 5.61. The number of benzene rings is 1. The number of halogens is 2. The average Bonchev–Trinajstić information content (AvgIpc) is 2.69. The van der Waals surface area contributed by atoms with Crippen LogP contribution in [-0.2, 0) is 17.7 Å². The molecule has 152 valence electrons. The maximum atomic E-state index is 13.3. The Morgan fingerprint density at radius 3 is 2.66 bits per heavy atom. The minimum absolute atomic E-state index is 0.161. The number of nitrogens with zero attached hydrogens (tertiary/aromatic N) is 1. The minimum Gasteiger partial charge on any atom is -0.377 e. The lowest BCUT2D eigenvalue weighted by molar-refractivity contribution is 0.0726. The molecule has 0 bridgehead atoms. The molecule has 0 aliphatic carbocycles. The Kier molecular flexibility index (Phi) is 5.56. The van der Waals surface area contributed by atoms with E-state index in [9.17, 15) is 9.59 Å². The number of hydrogen-bond acceptors (Lipinski definition) is 3. The SMILES string of the molecule is Cc1cc(C)c(CN2CCc3c(Cl)cc(C4=CCOCC4)c(Cl)c3C2=O)c(=O)[nH]1. The van der Waals surface area contributed by atoms with E-state index in [1.54, 1.807) is 4.90 Å². The summed E-state index contributed by atoms with van der Waals surface area (Å²) in [5, 5.41) is 0.992. The summed E-state index contributed by atoms with van der Waals surface area (Å²) in [7, 11) is 0. The van der Waals surface area contributed by atoms with Gasteiger partial charge in [-0.05, 0) is 61.1 Å². The molecule has 7 heteroatoms. The smallest absolute Gasteiger partial charge is 0.256 e. The van der Waals surface area contributed by atoms with Gasteiger partial charge >= 0.3 is 0 Å². The predicted octanol–water partition coefficient (Wildman–Crippen LogP) is 4.30. The van der Waals surface area contributed by atoms with Crippen molar-refractivity contribution < 1.29 is 9.53 Å². The third-order valence-electron chi connectivity index (χ3n) is 5.60. The summed E-state index contributed by atoms with van der Waals surface area (Å²) < 4.78 is 5.38. The number of carbonyl (C=O) groups excluding carboxylic acids is 1. The first-order valence-corrected chi connectivity index (χ1v) is 10.4. The van der Waals surface area contributed by atoms with Gasteiger partial charge in [0.2, 0.25) is 0 Å². The molecule has 5 nitrogen and oxygen atoms in total. The van der Waals surface area contributed by atoms with Gasteiger partial charge in [0.1, 0.15) is 0 Å². The van der Waals surface area contributed by atoms with E-state index in [2.05, 4.69) is 4.98 Å². The summed E-state index contributed by atoms with van der Waals surface area (Å²) in [4.78, 5) is 30.2.